The van der Waals surface area contributed by atoms with Gasteiger partial charge in [0.2, 0.25) is 65.0 Å². The summed E-state index contributed by atoms with van der Waals surface area (Å²) >= 11 is 0. The molecule has 0 aliphatic heterocycles. The van der Waals surface area contributed by atoms with Gasteiger partial charge >= 0.3 is 5.97 Å². The molecule has 0 spiro atoms. The highest BCUT2D eigenvalue weighted by Crippen LogP contribution is 2.10. The van der Waals surface area contributed by atoms with Gasteiger partial charge in [0.25, 0.3) is 0 Å². The standard InChI is InChI=1S/C47H77N13O17/c1-21(2)34(43(72)54-28(15-11-12-16-48)39(68)52-23(4)47(76)77)57-45(74)37(26(7)64)60-46(75)36(25(6)63)58-38(67)22(3)51-44(73)35(24(5)62)59-41(70)29(17-27-13-9-8-10-14-27)55-40(69)30(18-32(50)65)56-42(71)31(20-61)53-33(66)19-49/h8-10,13-14,21-26,28-31,34-37,61-64H,11-12,15-20,48-49H2,1-7H3,(H2,50,65)(H,51,73)(H,52,68)(H,53,66)(H,54,72)(H,55,69)(H,56,71)(H,57,74)(H,58,67)(H,59,70)(H,60,75)(H,76,77)/t22-,23-,24+,25+,26+,28-,29-,30-,31-,34-,35-,36-,37-/m0/s1. The van der Waals surface area contributed by atoms with Crippen LogP contribution in [0.25, 0.3) is 0 Å². The molecule has 0 heterocycles. The number of aliphatic hydroxyl groups excluding tert-OH is 4. The van der Waals surface area contributed by atoms with Crippen LogP contribution in [0.4, 0.5) is 0 Å². The van der Waals surface area contributed by atoms with Crippen molar-refractivity contribution in [2.45, 2.75) is 159 Å². The number of carboxylic acid groups (broad SMARTS) is 1. The first-order valence-corrected chi connectivity index (χ1v) is 24.6. The molecule has 0 unspecified atom stereocenters. The van der Waals surface area contributed by atoms with Crippen molar-refractivity contribution in [2.24, 2.45) is 23.1 Å². The van der Waals surface area contributed by atoms with Crippen LogP contribution >= 0.6 is 0 Å². The second kappa shape index (κ2) is 33.6. The molecule has 0 aromatic heterocycles. The van der Waals surface area contributed by atoms with E-state index in [0.717, 1.165) is 27.7 Å². The van der Waals surface area contributed by atoms with Gasteiger partial charge in [-0.25, -0.2) is 0 Å². The summed E-state index contributed by atoms with van der Waals surface area (Å²) < 4.78 is 0. The topological polar surface area (TPSA) is 504 Å². The molecule has 1 aromatic carbocycles. The maximum absolute atomic E-state index is 13.9. The molecule has 1 aromatic rings. The molecule has 11 amide bonds. The summed E-state index contributed by atoms with van der Waals surface area (Å²) in [6.45, 7) is 7.49. The van der Waals surface area contributed by atoms with Crippen molar-refractivity contribution in [3.8, 4) is 0 Å². The molecule has 0 fully saturated rings. The Morgan fingerprint density at radius 1 is 0.481 bits per heavy atom. The fraction of sp³-hybridized carbons (Fsp3) is 0.617. The number of rotatable bonds is 34. The summed E-state index contributed by atoms with van der Waals surface area (Å²) in [5, 5.41) is 73.7. The van der Waals surface area contributed by atoms with E-state index in [9.17, 15) is 83.1 Å². The maximum Gasteiger partial charge on any atom is 0.325 e. The van der Waals surface area contributed by atoms with Crippen molar-refractivity contribution in [2.75, 3.05) is 19.7 Å². The summed E-state index contributed by atoms with van der Waals surface area (Å²) in [7, 11) is 0. The number of hydrogen-bond acceptors (Lipinski definition) is 18. The van der Waals surface area contributed by atoms with Gasteiger partial charge in [-0.15, -0.1) is 0 Å². The van der Waals surface area contributed by atoms with E-state index in [4.69, 9.17) is 17.2 Å². The van der Waals surface area contributed by atoms with Gasteiger partial charge in [0, 0.05) is 6.42 Å². The second-order valence-corrected chi connectivity index (χ2v) is 18.5. The lowest BCUT2D eigenvalue weighted by Crippen LogP contribution is -2.64. The van der Waals surface area contributed by atoms with Crippen LogP contribution in [0.5, 0.6) is 0 Å². The van der Waals surface area contributed by atoms with Crippen LogP contribution in [0.2, 0.25) is 0 Å². The molecule has 0 saturated heterocycles. The van der Waals surface area contributed by atoms with Crippen molar-refractivity contribution in [1.29, 1.82) is 0 Å². The van der Waals surface area contributed by atoms with Gasteiger partial charge < -0.3 is 95.9 Å². The van der Waals surface area contributed by atoms with E-state index in [-0.39, 0.29) is 19.4 Å². The van der Waals surface area contributed by atoms with Crippen LogP contribution in [0, 0.1) is 5.92 Å². The number of hydrogen-bond donors (Lipinski definition) is 18. The number of carbonyl (C=O) groups excluding carboxylic acids is 11. The molecular weight excluding hydrogens is 1020 g/mol. The average molecular weight is 1100 g/mol. The summed E-state index contributed by atoms with van der Waals surface area (Å²) in [5.74, 6) is -13.7. The zero-order valence-electron chi connectivity index (χ0n) is 44.0. The minimum atomic E-state index is -1.88. The molecule has 0 aliphatic rings. The van der Waals surface area contributed by atoms with E-state index in [2.05, 4.69) is 53.2 Å². The average Bonchev–Trinajstić information content (AvgIpc) is 3.35. The van der Waals surface area contributed by atoms with Gasteiger partial charge in [0.15, 0.2) is 0 Å². The Bertz CT molecular complexity index is 2200. The Morgan fingerprint density at radius 2 is 0.896 bits per heavy atom. The molecule has 0 radical (unpaired) electrons. The third kappa shape index (κ3) is 23.6. The molecule has 0 bridgehead atoms. The molecule has 1 rings (SSSR count). The molecule has 0 saturated carbocycles. The first-order valence-electron chi connectivity index (χ1n) is 24.6. The SMILES string of the molecule is CC(C)[C@H](NC(=O)[C@@H](NC(=O)[C@@H](NC(=O)[C@H](C)NC(=O)[C@@H](NC(=O)[C@H](Cc1ccccc1)NC(=O)[C@H](CC(N)=O)NC(=O)[C@H](CO)NC(=O)CN)[C@@H](C)O)[C@@H](C)O)[C@@H](C)O)C(=O)N[C@@H](CCCCN)C(=O)N[C@@H](C)C(=O)O. The number of primary amides is 1. The van der Waals surface area contributed by atoms with Crippen molar-refractivity contribution in [3.05, 3.63) is 35.9 Å². The molecule has 30 nitrogen and oxygen atoms in total. The number of carbonyl (C=O) groups is 12. The molecule has 432 valence electrons. The summed E-state index contributed by atoms with van der Waals surface area (Å²) in [6, 6.07) is -8.10. The minimum Gasteiger partial charge on any atom is -0.480 e. The van der Waals surface area contributed by atoms with Crippen LogP contribution in [0.3, 0.4) is 0 Å². The predicted octanol–water partition coefficient (Wildman–Crippen LogP) is -8.04. The Hall–Kier alpha value is -7.38. The lowest BCUT2D eigenvalue weighted by atomic mass is 10.0. The van der Waals surface area contributed by atoms with Crippen LogP contribution in [-0.2, 0) is 64.0 Å². The lowest BCUT2D eigenvalue weighted by molar-refractivity contribution is -0.142. The summed E-state index contributed by atoms with van der Waals surface area (Å²) in [4.78, 5) is 157. The zero-order valence-corrected chi connectivity index (χ0v) is 44.0. The monoisotopic (exact) mass is 1100 g/mol. The highest BCUT2D eigenvalue weighted by Gasteiger charge is 2.38. The fourth-order valence-corrected chi connectivity index (χ4v) is 7.00. The van der Waals surface area contributed by atoms with Crippen molar-refractivity contribution in [1.82, 2.24) is 53.2 Å². The van der Waals surface area contributed by atoms with E-state index in [1.54, 1.807) is 30.3 Å². The number of unbranched alkanes of at least 4 members (excludes halogenated alkanes) is 1. The highest BCUT2D eigenvalue weighted by atomic mass is 16.4. The maximum atomic E-state index is 13.9. The largest absolute Gasteiger partial charge is 0.480 e. The number of aliphatic carboxylic acids is 1. The van der Waals surface area contributed by atoms with Crippen molar-refractivity contribution in [3.63, 3.8) is 0 Å². The Balaban J connectivity index is 3.30. The van der Waals surface area contributed by atoms with Crippen molar-refractivity contribution < 1.29 is 83.1 Å². The molecule has 21 N–H and O–H groups in total. The number of nitrogens with one attached hydrogen (secondary N) is 10. The molecule has 0 aliphatic carbocycles. The van der Waals surface area contributed by atoms with Gasteiger partial charge in [-0.3, -0.25) is 57.5 Å². The van der Waals surface area contributed by atoms with Gasteiger partial charge in [0.1, 0.15) is 60.4 Å². The van der Waals surface area contributed by atoms with Crippen LogP contribution < -0.4 is 70.4 Å². The summed E-state index contributed by atoms with van der Waals surface area (Å²) in [6.07, 6.45) is -5.29. The quantitative estimate of drug-likeness (QED) is 0.0285. The van der Waals surface area contributed by atoms with E-state index >= 15 is 0 Å². The van der Waals surface area contributed by atoms with Gasteiger partial charge in [-0.1, -0.05) is 44.2 Å². The molecule has 13 atom stereocenters. The van der Waals surface area contributed by atoms with Crippen LogP contribution in [0.1, 0.15) is 79.7 Å². The third-order valence-corrected chi connectivity index (χ3v) is 11.5. The molecule has 77 heavy (non-hydrogen) atoms. The van der Waals surface area contributed by atoms with E-state index in [0.29, 0.717) is 18.4 Å². The Kier molecular flexibility index (Phi) is 29.5. The Morgan fingerprint density at radius 3 is 1.36 bits per heavy atom. The molecule has 30 heteroatoms. The van der Waals surface area contributed by atoms with Gasteiger partial charge in [0.05, 0.1) is 37.9 Å². The number of benzene rings is 1. The van der Waals surface area contributed by atoms with Crippen molar-refractivity contribution >= 4 is 70.9 Å². The zero-order chi connectivity index (χ0) is 58.9. The summed E-state index contributed by atoms with van der Waals surface area (Å²) in [5.41, 5.74) is 16.6. The van der Waals surface area contributed by atoms with E-state index < -0.39 is 175 Å². The number of aliphatic hydroxyl groups is 4. The smallest absolute Gasteiger partial charge is 0.325 e. The number of carboxylic acids is 1. The highest BCUT2D eigenvalue weighted by molar-refractivity contribution is 5.99. The molecular formula is C47H77N13O17. The van der Waals surface area contributed by atoms with Crippen LogP contribution in [-0.4, -0.2) is 195 Å². The van der Waals surface area contributed by atoms with E-state index in [1.165, 1.54) is 20.8 Å². The van der Waals surface area contributed by atoms with Gasteiger partial charge in [-0.05, 0) is 71.9 Å². The minimum absolute atomic E-state index is 0.0541. The first kappa shape index (κ1) is 67.6. The number of nitrogens with two attached hydrogens (primary N) is 3. The predicted molar refractivity (Wildman–Crippen MR) is 271 cm³/mol. The first-order chi connectivity index (χ1) is 36.0. The second-order valence-electron chi connectivity index (χ2n) is 18.5. The number of amides is 11. The van der Waals surface area contributed by atoms with E-state index in [1.807, 2.05) is 0 Å². The fourth-order valence-electron chi connectivity index (χ4n) is 7.00. The normalized spacial score (nSPS) is 16.2. The third-order valence-electron chi connectivity index (χ3n) is 11.5. The van der Waals surface area contributed by atoms with Gasteiger partial charge in [-0.2, -0.15) is 0 Å². The lowest BCUT2D eigenvalue weighted by Gasteiger charge is -2.30. The Labute approximate surface area is 444 Å². The van der Waals surface area contributed by atoms with Crippen LogP contribution in [0.15, 0.2) is 30.3 Å².